The molecule has 0 aliphatic rings. The predicted octanol–water partition coefficient (Wildman–Crippen LogP) is 2.67. The van der Waals surface area contributed by atoms with Gasteiger partial charge in [0, 0.05) is 25.5 Å². The molecule has 3 aromatic rings. The van der Waals surface area contributed by atoms with Crippen LogP contribution in [0.1, 0.15) is 22.3 Å². The maximum Gasteiger partial charge on any atom is 0.253 e. The first-order valence-electron chi connectivity index (χ1n) is 9.30. The van der Waals surface area contributed by atoms with E-state index in [2.05, 4.69) is 10.3 Å². The predicted molar refractivity (Wildman–Crippen MR) is 113 cm³/mol. The van der Waals surface area contributed by atoms with Crippen molar-refractivity contribution in [1.82, 2.24) is 14.9 Å². The molecule has 29 heavy (non-hydrogen) atoms. The molecule has 7 nitrogen and oxygen atoms in total. The van der Waals surface area contributed by atoms with Crippen molar-refractivity contribution in [3.05, 3.63) is 84.4 Å². The van der Waals surface area contributed by atoms with E-state index in [9.17, 15) is 13.2 Å². The number of amides is 1. The Balaban J connectivity index is 1.75. The van der Waals surface area contributed by atoms with Gasteiger partial charge in [0.2, 0.25) is 10.0 Å². The van der Waals surface area contributed by atoms with E-state index < -0.39 is 10.0 Å². The minimum Gasteiger partial charge on any atom is -0.352 e. The molecule has 0 aliphatic carbocycles. The second-order valence-corrected chi connectivity index (χ2v) is 8.59. The quantitative estimate of drug-likeness (QED) is 0.548. The SMILES string of the molecule is CS(=O)(=O)N(Cc1ccccc1)c1ccccc1C(=O)NCCCn1ccnc1. The standard InChI is InChI=1S/C21H24N4O3S/c1-29(27,28)25(16-18-8-3-2-4-9-18)20-11-6-5-10-19(20)21(26)23-12-7-14-24-15-13-22-17-24/h2-6,8-11,13,15,17H,7,12,14,16H2,1H3,(H,23,26). The number of sulfonamides is 1. The van der Waals surface area contributed by atoms with Crippen LogP contribution in [0.3, 0.4) is 0 Å². The average Bonchev–Trinajstić information content (AvgIpc) is 3.23. The van der Waals surface area contributed by atoms with Crippen molar-refractivity contribution in [3.63, 3.8) is 0 Å². The third kappa shape index (κ3) is 5.68. The maximum atomic E-state index is 12.8. The Morgan fingerprint density at radius 3 is 2.52 bits per heavy atom. The summed E-state index contributed by atoms with van der Waals surface area (Å²) in [6, 6.07) is 16.1. The monoisotopic (exact) mass is 412 g/mol. The highest BCUT2D eigenvalue weighted by molar-refractivity contribution is 7.92. The van der Waals surface area contributed by atoms with Crippen LogP contribution in [0.4, 0.5) is 5.69 Å². The number of hydrogen-bond acceptors (Lipinski definition) is 4. The summed E-state index contributed by atoms with van der Waals surface area (Å²) in [5.41, 5.74) is 1.54. The van der Waals surface area contributed by atoms with Crippen LogP contribution in [0.15, 0.2) is 73.3 Å². The van der Waals surface area contributed by atoms with Gasteiger partial charge in [-0.25, -0.2) is 13.4 Å². The fraction of sp³-hybridized carbons (Fsp3) is 0.238. The van der Waals surface area contributed by atoms with Crippen molar-refractivity contribution in [1.29, 1.82) is 0 Å². The molecule has 1 heterocycles. The van der Waals surface area contributed by atoms with Gasteiger partial charge in [0.15, 0.2) is 0 Å². The lowest BCUT2D eigenvalue weighted by atomic mass is 10.1. The van der Waals surface area contributed by atoms with Gasteiger partial charge in [0.05, 0.1) is 30.4 Å². The molecular weight excluding hydrogens is 388 g/mol. The summed E-state index contributed by atoms with van der Waals surface area (Å²) in [6.07, 6.45) is 7.19. The van der Waals surface area contributed by atoms with E-state index in [0.29, 0.717) is 17.8 Å². The molecule has 1 amide bonds. The highest BCUT2D eigenvalue weighted by Gasteiger charge is 2.23. The first-order chi connectivity index (χ1) is 13.9. The Morgan fingerprint density at radius 1 is 1.10 bits per heavy atom. The molecule has 152 valence electrons. The third-order valence-corrected chi connectivity index (χ3v) is 5.55. The van der Waals surface area contributed by atoms with Gasteiger partial charge in [0.1, 0.15) is 0 Å². The van der Waals surface area contributed by atoms with Crippen molar-refractivity contribution in [2.45, 2.75) is 19.5 Å². The topological polar surface area (TPSA) is 84.3 Å². The van der Waals surface area contributed by atoms with Crippen LogP contribution in [0.5, 0.6) is 0 Å². The molecule has 2 aromatic carbocycles. The fourth-order valence-corrected chi connectivity index (χ4v) is 3.89. The number of aryl methyl sites for hydroxylation is 1. The Kier molecular flexibility index (Phi) is 6.66. The average molecular weight is 413 g/mol. The van der Waals surface area contributed by atoms with E-state index in [1.165, 1.54) is 4.31 Å². The second-order valence-electron chi connectivity index (χ2n) is 6.68. The molecule has 1 aromatic heterocycles. The molecule has 0 unspecified atom stereocenters. The lowest BCUT2D eigenvalue weighted by molar-refractivity contribution is 0.0953. The van der Waals surface area contributed by atoms with Crippen molar-refractivity contribution >= 4 is 21.6 Å². The smallest absolute Gasteiger partial charge is 0.253 e. The van der Waals surface area contributed by atoms with Gasteiger partial charge in [-0.3, -0.25) is 9.10 Å². The number of para-hydroxylation sites is 1. The third-order valence-electron chi connectivity index (χ3n) is 4.42. The lowest BCUT2D eigenvalue weighted by Crippen LogP contribution is -2.33. The normalized spacial score (nSPS) is 11.2. The second kappa shape index (κ2) is 9.38. The highest BCUT2D eigenvalue weighted by Crippen LogP contribution is 2.25. The van der Waals surface area contributed by atoms with Crippen molar-refractivity contribution in [2.24, 2.45) is 0 Å². The van der Waals surface area contributed by atoms with Gasteiger partial charge in [-0.05, 0) is 24.1 Å². The van der Waals surface area contributed by atoms with E-state index in [0.717, 1.165) is 24.8 Å². The summed E-state index contributed by atoms with van der Waals surface area (Å²) < 4.78 is 28.2. The van der Waals surface area contributed by atoms with Gasteiger partial charge in [-0.15, -0.1) is 0 Å². The summed E-state index contributed by atoms with van der Waals surface area (Å²) in [6.45, 7) is 1.37. The number of rotatable bonds is 9. The number of benzene rings is 2. The molecule has 0 radical (unpaired) electrons. The zero-order chi connectivity index (χ0) is 20.7. The summed E-state index contributed by atoms with van der Waals surface area (Å²) >= 11 is 0. The lowest BCUT2D eigenvalue weighted by Gasteiger charge is -2.24. The number of imidazole rings is 1. The molecule has 3 rings (SSSR count). The Morgan fingerprint density at radius 2 is 1.83 bits per heavy atom. The molecule has 8 heteroatoms. The molecule has 0 fully saturated rings. The van der Waals surface area contributed by atoms with Crippen LogP contribution in [-0.4, -0.2) is 36.7 Å². The van der Waals surface area contributed by atoms with Crippen LogP contribution < -0.4 is 9.62 Å². The number of hydrogen-bond donors (Lipinski definition) is 1. The van der Waals surface area contributed by atoms with Gasteiger partial charge < -0.3 is 9.88 Å². The van der Waals surface area contributed by atoms with Gasteiger partial charge >= 0.3 is 0 Å². The van der Waals surface area contributed by atoms with Crippen LogP contribution >= 0.6 is 0 Å². The van der Waals surface area contributed by atoms with Crippen molar-refractivity contribution in [2.75, 3.05) is 17.1 Å². The number of carbonyl (C=O) groups is 1. The summed E-state index contributed by atoms with van der Waals surface area (Å²) in [4.78, 5) is 16.7. The first-order valence-corrected chi connectivity index (χ1v) is 11.1. The number of nitrogens with one attached hydrogen (secondary N) is 1. The number of anilines is 1. The van der Waals surface area contributed by atoms with Crippen molar-refractivity contribution in [3.8, 4) is 0 Å². The van der Waals surface area contributed by atoms with E-state index in [-0.39, 0.29) is 12.5 Å². The van der Waals surface area contributed by atoms with Gasteiger partial charge in [-0.1, -0.05) is 42.5 Å². The summed E-state index contributed by atoms with van der Waals surface area (Å²) in [5, 5.41) is 2.88. The fourth-order valence-electron chi connectivity index (χ4n) is 2.99. The Bertz CT molecular complexity index is 1030. The van der Waals surface area contributed by atoms with E-state index in [4.69, 9.17) is 0 Å². The van der Waals surface area contributed by atoms with E-state index in [1.807, 2.05) is 41.1 Å². The summed E-state index contributed by atoms with van der Waals surface area (Å²) in [7, 11) is -3.58. The zero-order valence-corrected chi connectivity index (χ0v) is 17.0. The molecule has 0 aliphatic heterocycles. The van der Waals surface area contributed by atoms with Crippen LogP contribution in [0, 0.1) is 0 Å². The first kappa shape index (κ1) is 20.6. The van der Waals surface area contributed by atoms with E-state index >= 15 is 0 Å². The molecule has 0 bridgehead atoms. The Hall–Kier alpha value is -3.13. The van der Waals surface area contributed by atoms with Crippen LogP contribution in [0.2, 0.25) is 0 Å². The highest BCUT2D eigenvalue weighted by atomic mass is 32.2. The van der Waals surface area contributed by atoms with Gasteiger partial charge in [-0.2, -0.15) is 0 Å². The molecule has 0 saturated heterocycles. The van der Waals surface area contributed by atoms with E-state index in [1.54, 1.807) is 36.8 Å². The van der Waals surface area contributed by atoms with Crippen LogP contribution in [0.25, 0.3) is 0 Å². The zero-order valence-electron chi connectivity index (χ0n) is 16.2. The van der Waals surface area contributed by atoms with Crippen LogP contribution in [-0.2, 0) is 23.1 Å². The Labute approximate surface area is 171 Å². The minimum atomic E-state index is -3.58. The molecule has 0 spiro atoms. The minimum absolute atomic E-state index is 0.157. The number of aromatic nitrogens is 2. The largest absolute Gasteiger partial charge is 0.352 e. The van der Waals surface area contributed by atoms with Crippen molar-refractivity contribution < 1.29 is 13.2 Å². The summed E-state index contributed by atoms with van der Waals surface area (Å²) in [5.74, 6) is -0.298. The maximum absolute atomic E-state index is 12.8. The molecule has 1 N–H and O–H groups in total. The number of nitrogens with zero attached hydrogens (tertiary/aromatic N) is 3. The molecule has 0 atom stereocenters. The molecule has 0 saturated carbocycles. The number of carbonyl (C=O) groups excluding carboxylic acids is 1. The van der Waals surface area contributed by atoms with Gasteiger partial charge in [0.25, 0.3) is 5.91 Å². The molecular formula is C21H24N4O3S.